The van der Waals surface area contributed by atoms with Gasteiger partial charge in [0.1, 0.15) is 11.3 Å². The Morgan fingerprint density at radius 3 is 2.36 bits per heavy atom. The molecule has 0 radical (unpaired) electrons. The minimum absolute atomic E-state index is 0. The fourth-order valence-corrected chi connectivity index (χ4v) is 0.887. The van der Waals surface area contributed by atoms with Gasteiger partial charge in [-0.05, 0) is 12.1 Å². The van der Waals surface area contributed by atoms with Gasteiger partial charge in [0.15, 0.2) is 0 Å². The number of benzene rings is 1. The Morgan fingerprint density at radius 2 is 1.86 bits per heavy atom. The molecule has 0 heterocycles. The van der Waals surface area contributed by atoms with Crippen LogP contribution in [0.2, 0.25) is 0 Å². The van der Waals surface area contributed by atoms with Crippen LogP contribution in [-0.4, -0.2) is 40.1 Å². The summed E-state index contributed by atoms with van der Waals surface area (Å²) in [5, 5.41) is 8.69. The van der Waals surface area contributed by atoms with Gasteiger partial charge >= 0.3 is 35.0 Å². The maximum Gasteiger partial charge on any atom is 2.00 e. The Hall–Kier alpha value is -1.07. The van der Waals surface area contributed by atoms with Crippen molar-refractivity contribution in [2.45, 2.75) is 6.92 Å². The number of rotatable bonds is 2. The average molecular weight is 204 g/mol. The molecule has 1 rings (SSSR count). The Bertz CT molecular complexity index is 348. The Balaban J connectivity index is 0.00000169. The first-order chi connectivity index (χ1) is 6.11. The first kappa shape index (κ1) is 12.9. The van der Waals surface area contributed by atoms with Gasteiger partial charge in [0.05, 0.1) is 0 Å². The van der Waals surface area contributed by atoms with E-state index >= 15 is 0 Å². The van der Waals surface area contributed by atoms with Gasteiger partial charge in [0.25, 0.3) is 0 Å². The molecular weight excluding hydrogens is 196 g/mol. The van der Waals surface area contributed by atoms with Crippen LogP contribution in [0, 0.1) is 0 Å². The number of esters is 1. The number of carbonyl (C=O) groups excluding carboxylic acids is 1. The molecule has 4 nitrogen and oxygen atoms in total. The Kier molecular flexibility index (Phi) is 5.18. The van der Waals surface area contributed by atoms with Crippen molar-refractivity contribution < 1.29 is 19.4 Å². The molecule has 68 valence electrons. The monoisotopic (exact) mass is 204 g/mol. The van der Waals surface area contributed by atoms with E-state index in [4.69, 9.17) is 5.11 Å². The fourth-order valence-electron chi connectivity index (χ4n) is 0.887. The SMILES string of the molecule is CC(=O)Oc1ccccc1C(=O)O.[Mg+2]. The third kappa shape index (κ3) is 3.35. The molecule has 0 unspecified atom stereocenters. The number of hydrogen-bond acceptors (Lipinski definition) is 3. The van der Waals surface area contributed by atoms with Crippen molar-refractivity contribution >= 4 is 35.0 Å². The number of carbonyl (C=O) groups is 2. The second-order valence-electron chi connectivity index (χ2n) is 2.39. The fraction of sp³-hybridized carbons (Fsp3) is 0.111. The number of carboxylic acids is 1. The summed E-state index contributed by atoms with van der Waals surface area (Å²) < 4.78 is 4.69. The van der Waals surface area contributed by atoms with Crippen LogP contribution in [0.25, 0.3) is 0 Å². The molecule has 5 heteroatoms. The van der Waals surface area contributed by atoms with Crippen molar-refractivity contribution in [3.8, 4) is 5.75 Å². The number of hydrogen-bond donors (Lipinski definition) is 1. The van der Waals surface area contributed by atoms with E-state index in [2.05, 4.69) is 4.74 Å². The third-order valence-corrected chi connectivity index (χ3v) is 1.37. The van der Waals surface area contributed by atoms with Crippen LogP contribution >= 0.6 is 0 Å². The summed E-state index contributed by atoms with van der Waals surface area (Å²) in [4.78, 5) is 21.2. The Labute approximate surface area is 97.0 Å². The quantitative estimate of drug-likeness (QED) is 0.442. The Morgan fingerprint density at radius 1 is 1.29 bits per heavy atom. The minimum atomic E-state index is -1.11. The predicted molar refractivity (Wildman–Crippen MR) is 50.5 cm³/mol. The first-order valence-corrected chi connectivity index (χ1v) is 3.62. The van der Waals surface area contributed by atoms with Crippen LogP contribution in [-0.2, 0) is 4.79 Å². The van der Waals surface area contributed by atoms with Gasteiger partial charge in [-0.25, -0.2) is 4.79 Å². The van der Waals surface area contributed by atoms with Crippen LogP contribution in [0.1, 0.15) is 17.3 Å². The summed E-state index contributed by atoms with van der Waals surface area (Å²) in [6, 6.07) is 5.98. The van der Waals surface area contributed by atoms with E-state index in [0.717, 1.165) is 0 Å². The molecule has 0 fully saturated rings. The molecule has 0 saturated heterocycles. The molecule has 1 aromatic rings. The number of aromatic carboxylic acids is 1. The summed E-state index contributed by atoms with van der Waals surface area (Å²) in [6.45, 7) is 1.22. The van der Waals surface area contributed by atoms with E-state index < -0.39 is 11.9 Å². The predicted octanol–water partition coefficient (Wildman–Crippen LogP) is 0.929. The molecule has 0 amide bonds. The standard InChI is InChI=1S/C9H8O4.Mg/c1-6(10)13-8-5-3-2-4-7(8)9(11)12;/h2-5H,1H3,(H,11,12);/q;+2. The first-order valence-electron chi connectivity index (χ1n) is 3.62. The van der Waals surface area contributed by atoms with Crippen molar-refractivity contribution in [2.24, 2.45) is 0 Å². The van der Waals surface area contributed by atoms with Gasteiger partial charge in [-0.1, -0.05) is 12.1 Å². The van der Waals surface area contributed by atoms with Gasteiger partial charge in [0.2, 0.25) is 0 Å². The second-order valence-corrected chi connectivity index (χ2v) is 2.39. The van der Waals surface area contributed by atoms with E-state index in [-0.39, 0.29) is 34.4 Å². The van der Waals surface area contributed by atoms with Gasteiger partial charge in [-0.15, -0.1) is 0 Å². The summed E-state index contributed by atoms with van der Waals surface area (Å²) in [6.07, 6.45) is 0. The number of para-hydroxylation sites is 1. The molecule has 0 aliphatic rings. The molecule has 0 aliphatic heterocycles. The van der Waals surface area contributed by atoms with E-state index in [1.165, 1.54) is 19.1 Å². The maximum atomic E-state index is 10.6. The van der Waals surface area contributed by atoms with Crippen molar-refractivity contribution in [2.75, 3.05) is 0 Å². The number of ether oxygens (including phenoxy) is 1. The van der Waals surface area contributed by atoms with Crippen LogP contribution in [0.4, 0.5) is 0 Å². The molecule has 0 saturated carbocycles. The molecule has 0 spiro atoms. The van der Waals surface area contributed by atoms with Crippen LogP contribution in [0.5, 0.6) is 5.75 Å². The van der Waals surface area contributed by atoms with Crippen LogP contribution < -0.4 is 4.74 Å². The zero-order chi connectivity index (χ0) is 9.84. The summed E-state index contributed by atoms with van der Waals surface area (Å²) in [5.41, 5.74) is -0.0160. The van der Waals surface area contributed by atoms with E-state index in [1.807, 2.05) is 0 Å². The largest absolute Gasteiger partial charge is 2.00 e. The van der Waals surface area contributed by atoms with Crippen molar-refractivity contribution in [3.63, 3.8) is 0 Å². The molecule has 1 aromatic carbocycles. The van der Waals surface area contributed by atoms with Gasteiger partial charge in [-0.3, -0.25) is 4.79 Å². The molecular formula is C9H8MgO4+2. The van der Waals surface area contributed by atoms with Gasteiger partial charge in [-0.2, -0.15) is 0 Å². The maximum absolute atomic E-state index is 10.6. The van der Waals surface area contributed by atoms with Crippen molar-refractivity contribution in [1.82, 2.24) is 0 Å². The molecule has 0 aliphatic carbocycles. The molecule has 14 heavy (non-hydrogen) atoms. The number of carboxylic acid groups (broad SMARTS) is 1. The second kappa shape index (κ2) is 5.61. The normalized spacial score (nSPS) is 8.64. The van der Waals surface area contributed by atoms with Crippen molar-refractivity contribution in [3.05, 3.63) is 29.8 Å². The van der Waals surface area contributed by atoms with Crippen LogP contribution in [0.15, 0.2) is 24.3 Å². The van der Waals surface area contributed by atoms with E-state index in [1.54, 1.807) is 12.1 Å². The minimum Gasteiger partial charge on any atom is -0.478 e. The van der Waals surface area contributed by atoms with Gasteiger partial charge in [0, 0.05) is 6.92 Å². The average Bonchev–Trinajstić information content (AvgIpc) is 2.03. The molecule has 1 N–H and O–H groups in total. The van der Waals surface area contributed by atoms with E-state index in [0.29, 0.717) is 0 Å². The van der Waals surface area contributed by atoms with Gasteiger partial charge < -0.3 is 9.84 Å². The molecule has 0 atom stereocenters. The topological polar surface area (TPSA) is 63.6 Å². The third-order valence-electron chi connectivity index (χ3n) is 1.37. The zero-order valence-corrected chi connectivity index (χ0v) is 9.10. The molecule has 0 aromatic heterocycles. The summed E-state index contributed by atoms with van der Waals surface area (Å²) in [5.74, 6) is -1.58. The molecule has 0 bridgehead atoms. The van der Waals surface area contributed by atoms with Crippen LogP contribution in [0.3, 0.4) is 0 Å². The van der Waals surface area contributed by atoms with E-state index in [9.17, 15) is 9.59 Å². The summed E-state index contributed by atoms with van der Waals surface area (Å²) in [7, 11) is 0. The smallest absolute Gasteiger partial charge is 0.478 e. The summed E-state index contributed by atoms with van der Waals surface area (Å²) >= 11 is 0. The van der Waals surface area contributed by atoms with Crippen molar-refractivity contribution in [1.29, 1.82) is 0 Å². The zero-order valence-electron chi connectivity index (χ0n) is 7.69.